The summed E-state index contributed by atoms with van der Waals surface area (Å²) in [5.74, 6) is 2.69. The van der Waals surface area contributed by atoms with E-state index in [-0.39, 0.29) is 5.78 Å². The molecule has 0 N–H and O–H groups in total. The predicted octanol–water partition coefficient (Wildman–Crippen LogP) is 2.17. The molecular formula is C14H15N3O. The number of ketones is 1. The Kier molecular flexibility index (Phi) is 3.40. The third-order valence-corrected chi connectivity index (χ3v) is 2.71. The van der Waals surface area contributed by atoms with Crippen LogP contribution < -0.4 is 4.90 Å². The lowest BCUT2D eigenvalue weighted by Gasteiger charge is -2.20. The Balaban J connectivity index is 2.45. The number of anilines is 1. The smallest absolute Gasteiger partial charge is 0.180 e. The van der Waals surface area contributed by atoms with Gasteiger partial charge < -0.3 is 4.90 Å². The number of allylic oxidation sites excluding steroid dienone is 1. The molecule has 18 heavy (non-hydrogen) atoms. The Morgan fingerprint density at radius 3 is 2.94 bits per heavy atom. The van der Waals surface area contributed by atoms with E-state index < -0.39 is 0 Å². The van der Waals surface area contributed by atoms with Crippen LogP contribution in [0, 0.1) is 13.8 Å². The number of hydrogen-bond donors (Lipinski definition) is 0. The Labute approximate surface area is 106 Å². The molecule has 1 aromatic heterocycles. The lowest BCUT2D eigenvalue weighted by Crippen LogP contribution is -2.18. The lowest BCUT2D eigenvalue weighted by molar-refractivity contribution is -0.113. The van der Waals surface area contributed by atoms with Crippen molar-refractivity contribution >= 4 is 17.3 Å². The highest BCUT2D eigenvalue weighted by atomic mass is 16.1. The summed E-state index contributed by atoms with van der Waals surface area (Å²) < 4.78 is 0. The number of aryl methyl sites for hydroxylation is 2. The van der Waals surface area contributed by atoms with Crippen molar-refractivity contribution in [3.05, 3.63) is 41.5 Å². The van der Waals surface area contributed by atoms with Crippen LogP contribution in [0.25, 0.3) is 0 Å². The van der Waals surface area contributed by atoms with Crippen LogP contribution in [0.1, 0.15) is 18.2 Å². The first-order valence-corrected chi connectivity index (χ1v) is 5.78. The fourth-order valence-corrected chi connectivity index (χ4v) is 1.73. The second-order valence-corrected chi connectivity index (χ2v) is 4.29. The topological polar surface area (TPSA) is 45.6 Å². The van der Waals surface area contributed by atoms with Crippen molar-refractivity contribution in [2.75, 3.05) is 11.4 Å². The average Bonchev–Trinajstić information content (AvgIpc) is 2.58. The minimum absolute atomic E-state index is 0.0685. The standard InChI is InChI=1S/C14H15N3O/c1-10-7-14(11(2)16-8-10)17-6-4-5-15-13(9-17)12(3)18/h4,7-9H,6H2,1-3H3. The number of carbonyl (C=O) groups excluding carboxylic acids is 1. The predicted molar refractivity (Wildman–Crippen MR) is 71.8 cm³/mol. The summed E-state index contributed by atoms with van der Waals surface area (Å²) in [5, 5.41) is 0. The fourth-order valence-electron chi connectivity index (χ4n) is 1.73. The molecule has 0 spiro atoms. The molecule has 4 heteroatoms. The maximum atomic E-state index is 11.4. The maximum Gasteiger partial charge on any atom is 0.180 e. The van der Waals surface area contributed by atoms with Gasteiger partial charge >= 0.3 is 0 Å². The number of nitrogens with zero attached hydrogens (tertiary/aromatic N) is 3. The summed E-state index contributed by atoms with van der Waals surface area (Å²) in [4.78, 5) is 21.7. The van der Waals surface area contributed by atoms with Gasteiger partial charge in [-0.3, -0.25) is 9.78 Å². The maximum absolute atomic E-state index is 11.4. The number of aromatic nitrogens is 1. The number of rotatable bonds is 2. The molecule has 1 aromatic rings. The molecule has 2 rings (SSSR count). The highest BCUT2D eigenvalue weighted by molar-refractivity contribution is 5.94. The van der Waals surface area contributed by atoms with Crippen molar-refractivity contribution in [1.29, 1.82) is 0 Å². The van der Waals surface area contributed by atoms with E-state index in [0.29, 0.717) is 12.2 Å². The van der Waals surface area contributed by atoms with E-state index in [1.165, 1.54) is 6.92 Å². The number of aliphatic imine (C=N–C) groups is 1. The molecule has 0 saturated heterocycles. The van der Waals surface area contributed by atoms with Gasteiger partial charge in [0.2, 0.25) is 0 Å². The van der Waals surface area contributed by atoms with Gasteiger partial charge in [-0.25, -0.2) is 4.99 Å². The summed E-state index contributed by atoms with van der Waals surface area (Å²) >= 11 is 0. The second-order valence-electron chi connectivity index (χ2n) is 4.29. The molecule has 0 unspecified atom stereocenters. The minimum Gasteiger partial charge on any atom is -0.340 e. The Bertz CT molecular complexity index is 581. The molecule has 0 bridgehead atoms. The molecule has 0 amide bonds. The van der Waals surface area contributed by atoms with Crippen LogP contribution in [-0.2, 0) is 4.79 Å². The van der Waals surface area contributed by atoms with Crippen LogP contribution in [0.3, 0.4) is 0 Å². The van der Waals surface area contributed by atoms with Gasteiger partial charge in [0.05, 0.1) is 11.4 Å². The van der Waals surface area contributed by atoms with Gasteiger partial charge in [-0.05, 0) is 37.4 Å². The van der Waals surface area contributed by atoms with Crippen molar-refractivity contribution < 1.29 is 4.79 Å². The quantitative estimate of drug-likeness (QED) is 0.797. The van der Waals surface area contributed by atoms with Gasteiger partial charge in [-0.15, -0.1) is 0 Å². The van der Waals surface area contributed by atoms with E-state index in [4.69, 9.17) is 0 Å². The van der Waals surface area contributed by atoms with Crippen molar-refractivity contribution in [3.8, 4) is 0 Å². The van der Waals surface area contributed by atoms with Crippen molar-refractivity contribution in [2.45, 2.75) is 20.8 Å². The van der Waals surface area contributed by atoms with Gasteiger partial charge in [0.25, 0.3) is 0 Å². The highest BCUT2D eigenvalue weighted by Crippen LogP contribution is 2.21. The molecule has 92 valence electrons. The molecule has 1 aliphatic heterocycles. The number of pyridine rings is 1. The Morgan fingerprint density at radius 1 is 1.44 bits per heavy atom. The molecule has 2 heterocycles. The monoisotopic (exact) mass is 241 g/mol. The van der Waals surface area contributed by atoms with E-state index >= 15 is 0 Å². The molecule has 0 saturated carbocycles. The zero-order valence-corrected chi connectivity index (χ0v) is 10.8. The van der Waals surface area contributed by atoms with Crippen LogP contribution in [0.5, 0.6) is 0 Å². The van der Waals surface area contributed by atoms with Crippen LogP contribution in [0.2, 0.25) is 0 Å². The first-order valence-electron chi connectivity index (χ1n) is 5.78. The van der Waals surface area contributed by atoms with Crippen LogP contribution in [0.15, 0.2) is 35.2 Å². The number of Topliss-reactive ketones (excluding diaryl/α,β-unsaturated/α-hetero) is 1. The van der Waals surface area contributed by atoms with Gasteiger partial charge in [0.15, 0.2) is 5.78 Å². The third-order valence-electron chi connectivity index (χ3n) is 2.71. The van der Waals surface area contributed by atoms with Gasteiger partial charge in [-0.1, -0.05) is 0 Å². The van der Waals surface area contributed by atoms with Gasteiger partial charge in [-0.2, -0.15) is 0 Å². The molecule has 0 fully saturated rings. The molecule has 1 aliphatic rings. The van der Waals surface area contributed by atoms with Gasteiger partial charge in [0, 0.05) is 25.9 Å². The van der Waals surface area contributed by atoms with Crippen LogP contribution in [-0.4, -0.2) is 23.2 Å². The van der Waals surface area contributed by atoms with Crippen LogP contribution in [0.4, 0.5) is 5.69 Å². The van der Waals surface area contributed by atoms with Crippen molar-refractivity contribution in [3.63, 3.8) is 0 Å². The van der Waals surface area contributed by atoms with Crippen molar-refractivity contribution in [2.24, 2.45) is 4.99 Å². The molecular weight excluding hydrogens is 226 g/mol. The van der Waals surface area contributed by atoms with E-state index in [1.807, 2.05) is 24.9 Å². The van der Waals surface area contributed by atoms with Gasteiger partial charge in [0.1, 0.15) is 5.70 Å². The largest absolute Gasteiger partial charge is 0.340 e. The summed E-state index contributed by atoms with van der Waals surface area (Å²) in [6, 6.07) is 2.05. The Morgan fingerprint density at radius 2 is 2.22 bits per heavy atom. The van der Waals surface area contributed by atoms with E-state index in [1.54, 1.807) is 12.3 Å². The van der Waals surface area contributed by atoms with Crippen molar-refractivity contribution in [1.82, 2.24) is 4.98 Å². The van der Waals surface area contributed by atoms with E-state index in [2.05, 4.69) is 21.9 Å². The molecule has 0 radical (unpaired) electrons. The molecule has 0 aromatic carbocycles. The fraction of sp³-hybridized carbons (Fsp3) is 0.286. The third kappa shape index (κ3) is 2.55. The minimum atomic E-state index is -0.0685. The zero-order valence-electron chi connectivity index (χ0n) is 10.8. The lowest BCUT2D eigenvalue weighted by atomic mass is 10.2. The summed E-state index contributed by atoms with van der Waals surface area (Å²) in [5.41, 5.74) is 3.41. The van der Waals surface area contributed by atoms with E-state index in [0.717, 1.165) is 16.9 Å². The summed E-state index contributed by atoms with van der Waals surface area (Å²) in [6.07, 6.45) is 5.38. The number of hydrogen-bond acceptors (Lipinski definition) is 4. The molecule has 0 aliphatic carbocycles. The second kappa shape index (κ2) is 4.98. The zero-order chi connectivity index (χ0) is 13.1. The van der Waals surface area contributed by atoms with Crippen LogP contribution >= 0.6 is 0 Å². The normalized spacial score (nSPS) is 14.4. The molecule has 0 atom stereocenters. The first kappa shape index (κ1) is 12.3. The highest BCUT2D eigenvalue weighted by Gasteiger charge is 2.12. The number of carbonyl (C=O) groups is 1. The summed E-state index contributed by atoms with van der Waals surface area (Å²) in [7, 11) is 0. The first-order chi connectivity index (χ1) is 8.58. The van der Waals surface area contributed by atoms with E-state index in [9.17, 15) is 4.79 Å². The molecule has 4 nitrogen and oxygen atoms in total. The Hall–Kier alpha value is -2.19. The SMILES string of the molecule is CC(=O)C1=CN(c2cc(C)cnc2C)CC=C=N1. The average molecular weight is 241 g/mol. The summed E-state index contributed by atoms with van der Waals surface area (Å²) in [6.45, 7) is 6.08.